The highest BCUT2D eigenvalue weighted by Gasteiger charge is 2.59. The highest BCUT2D eigenvalue weighted by atomic mass is 16.6. The predicted molar refractivity (Wildman–Crippen MR) is 149 cm³/mol. The van der Waals surface area contributed by atoms with Gasteiger partial charge in [0.1, 0.15) is 6.10 Å². The minimum Gasteiger partial charge on any atom is -0.390 e. The van der Waals surface area contributed by atoms with Crippen molar-refractivity contribution in [3.05, 3.63) is 11.6 Å². The second kappa shape index (κ2) is 10.5. The number of aliphatic hydroxyl groups excluding tert-OH is 1. The fraction of sp³-hybridized carbons (Fsp3) is 0.939. The Kier molecular flexibility index (Phi) is 8.00. The van der Waals surface area contributed by atoms with Crippen LogP contribution in [-0.4, -0.2) is 46.8 Å². The van der Waals surface area contributed by atoms with Gasteiger partial charge in [0, 0.05) is 6.61 Å². The van der Waals surface area contributed by atoms with Gasteiger partial charge in [0.05, 0.1) is 23.9 Å². The molecule has 0 bridgehead atoms. The van der Waals surface area contributed by atoms with Crippen LogP contribution in [0, 0.1) is 34.5 Å². The molecule has 4 nitrogen and oxygen atoms in total. The standard InChI is InChI=1S/C33H56O4/c1-6-37-33(18-9-19-33)22-36-28-16-21-32(5)26-15-20-31(4)23(10-7-8-17-30(2,3)35)11-13-25(31)24(26)12-14-27(32)29(28)34/h14,23-26,28-29,34-35H,6-13,15-22H2,1-5H3. The molecule has 0 radical (unpaired) electrons. The molecule has 5 aliphatic rings. The van der Waals surface area contributed by atoms with Gasteiger partial charge in [-0.2, -0.15) is 0 Å². The van der Waals surface area contributed by atoms with Crippen LogP contribution in [0.5, 0.6) is 0 Å². The summed E-state index contributed by atoms with van der Waals surface area (Å²) in [4.78, 5) is 0. The Morgan fingerprint density at radius 1 is 1.00 bits per heavy atom. The lowest BCUT2D eigenvalue weighted by atomic mass is 9.47. The number of rotatable bonds is 10. The Balaban J connectivity index is 1.22. The lowest BCUT2D eigenvalue weighted by Gasteiger charge is -2.59. The van der Waals surface area contributed by atoms with E-state index >= 15 is 0 Å². The maximum Gasteiger partial charge on any atom is 0.102 e. The zero-order chi connectivity index (χ0) is 26.5. The van der Waals surface area contributed by atoms with Crippen molar-refractivity contribution < 1.29 is 19.7 Å². The van der Waals surface area contributed by atoms with E-state index in [1.165, 1.54) is 50.5 Å². The van der Waals surface area contributed by atoms with E-state index in [-0.39, 0.29) is 17.1 Å². The summed E-state index contributed by atoms with van der Waals surface area (Å²) < 4.78 is 12.5. The summed E-state index contributed by atoms with van der Waals surface area (Å²) in [5, 5.41) is 21.6. The molecule has 0 heterocycles. The molecule has 5 rings (SSSR count). The first-order chi connectivity index (χ1) is 17.5. The van der Waals surface area contributed by atoms with Gasteiger partial charge in [0.2, 0.25) is 0 Å². The van der Waals surface area contributed by atoms with Gasteiger partial charge in [0.15, 0.2) is 0 Å². The minimum atomic E-state index is -0.529. The van der Waals surface area contributed by atoms with Gasteiger partial charge in [-0.25, -0.2) is 0 Å². The normalized spacial score (nSPS) is 42.8. The first-order valence-electron chi connectivity index (χ1n) is 15.9. The predicted octanol–water partition coefficient (Wildman–Crippen LogP) is 7.21. The first kappa shape index (κ1) is 28.1. The highest BCUT2D eigenvalue weighted by molar-refractivity contribution is 5.29. The van der Waals surface area contributed by atoms with Crippen LogP contribution >= 0.6 is 0 Å². The van der Waals surface area contributed by atoms with Crippen LogP contribution in [0.2, 0.25) is 0 Å². The number of hydrogen-bond acceptors (Lipinski definition) is 4. The molecule has 5 aliphatic carbocycles. The van der Waals surface area contributed by atoms with Gasteiger partial charge in [-0.05, 0) is 138 Å². The number of hydrogen-bond donors (Lipinski definition) is 2. The maximum absolute atomic E-state index is 11.5. The van der Waals surface area contributed by atoms with Crippen LogP contribution in [0.25, 0.3) is 0 Å². The second-order valence-electron chi connectivity index (χ2n) is 14.9. The molecule has 0 aromatic carbocycles. The summed E-state index contributed by atoms with van der Waals surface area (Å²) in [5.41, 5.74) is 1.28. The van der Waals surface area contributed by atoms with Crippen molar-refractivity contribution in [2.24, 2.45) is 34.5 Å². The van der Waals surface area contributed by atoms with E-state index in [0.29, 0.717) is 17.9 Å². The summed E-state index contributed by atoms with van der Waals surface area (Å²) in [5.74, 6) is 3.15. The molecule has 8 atom stereocenters. The van der Waals surface area contributed by atoms with E-state index in [4.69, 9.17) is 9.47 Å². The van der Waals surface area contributed by atoms with E-state index in [9.17, 15) is 10.2 Å². The third-order valence-electron chi connectivity index (χ3n) is 12.2. The third-order valence-corrected chi connectivity index (χ3v) is 12.2. The monoisotopic (exact) mass is 516 g/mol. The summed E-state index contributed by atoms with van der Waals surface area (Å²) in [6.45, 7) is 12.4. The van der Waals surface area contributed by atoms with Crippen LogP contribution in [0.15, 0.2) is 11.6 Å². The molecule has 37 heavy (non-hydrogen) atoms. The summed E-state index contributed by atoms with van der Waals surface area (Å²) in [6.07, 6.45) is 18.7. The maximum atomic E-state index is 11.5. The van der Waals surface area contributed by atoms with Gasteiger partial charge in [-0.1, -0.05) is 32.8 Å². The van der Waals surface area contributed by atoms with Gasteiger partial charge in [0.25, 0.3) is 0 Å². The number of aliphatic hydroxyl groups is 2. The quantitative estimate of drug-likeness (QED) is 0.238. The Hall–Kier alpha value is -0.420. The van der Waals surface area contributed by atoms with Crippen molar-refractivity contribution in [3.63, 3.8) is 0 Å². The molecule has 0 spiro atoms. The van der Waals surface area contributed by atoms with Gasteiger partial charge >= 0.3 is 0 Å². The lowest BCUT2D eigenvalue weighted by molar-refractivity contribution is -0.170. The number of allylic oxidation sites excluding steroid dienone is 1. The van der Waals surface area contributed by atoms with Crippen LogP contribution in [0.1, 0.15) is 125 Å². The van der Waals surface area contributed by atoms with Gasteiger partial charge in [-0.15, -0.1) is 0 Å². The molecule has 0 aromatic rings. The van der Waals surface area contributed by atoms with E-state index in [2.05, 4.69) is 26.8 Å². The highest BCUT2D eigenvalue weighted by Crippen LogP contribution is 2.67. The number of fused-ring (bicyclic) bond motifs is 5. The molecule has 2 N–H and O–H groups in total. The molecule has 0 saturated heterocycles. The van der Waals surface area contributed by atoms with Crippen LogP contribution in [-0.2, 0) is 9.47 Å². The van der Waals surface area contributed by atoms with Crippen LogP contribution in [0.4, 0.5) is 0 Å². The Morgan fingerprint density at radius 2 is 1.78 bits per heavy atom. The number of ether oxygens (including phenoxy) is 2. The molecular formula is C33H56O4. The Morgan fingerprint density at radius 3 is 2.46 bits per heavy atom. The van der Waals surface area contributed by atoms with E-state index in [0.717, 1.165) is 69.3 Å². The van der Waals surface area contributed by atoms with Crippen molar-refractivity contribution >= 4 is 0 Å². The smallest absolute Gasteiger partial charge is 0.102 e. The summed E-state index contributed by atoms with van der Waals surface area (Å²) >= 11 is 0. The largest absolute Gasteiger partial charge is 0.390 e. The minimum absolute atomic E-state index is 0.0811. The van der Waals surface area contributed by atoms with Crippen LogP contribution < -0.4 is 0 Å². The summed E-state index contributed by atoms with van der Waals surface area (Å²) in [7, 11) is 0. The van der Waals surface area contributed by atoms with Crippen molar-refractivity contribution in [2.75, 3.05) is 13.2 Å². The van der Waals surface area contributed by atoms with E-state index < -0.39 is 11.7 Å². The Bertz CT molecular complexity index is 825. The van der Waals surface area contributed by atoms with Crippen LogP contribution in [0.3, 0.4) is 0 Å². The molecule has 0 amide bonds. The first-order valence-corrected chi connectivity index (χ1v) is 15.9. The van der Waals surface area contributed by atoms with Crippen molar-refractivity contribution in [1.82, 2.24) is 0 Å². The van der Waals surface area contributed by atoms with E-state index in [1.807, 2.05) is 13.8 Å². The van der Waals surface area contributed by atoms with E-state index in [1.54, 1.807) is 0 Å². The molecule has 4 heteroatoms. The van der Waals surface area contributed by atoms with Gasteiger partial charge < -0.3 is 19.7 Å². The fourth-order valence-corrected chi connectivity index (χ4v) is 9.88. The fourth-order valence-electron chi connectivity index (χ4n) is 9.88. The third kappa shape index (κ3) is 5.23. The average molecular weight is 517 g/mol. The molecule has 212 valence electrons. The van der Waals surface area contributed by atoms with Crippen molar-refractivity contribution in [3.8, 4) is 0 Å². The molecule has 0 aromatic heterocycles. The molecule has 0 aliphatic heterocycles. The molecule has 8 unspecified atom stereocenters. The second-order valence-corrected chi connectivity index (χ2v) is 14.9. The zero-order valence-electron chi connectivity index (χ0n) is 24.6. The molecular weight excluding hydrogens is 460 g/mol. The zero-order valence-corrected chi connectivity index (χ0v) is 24.6. The summed E-state index contributed by atoms with van der Waals surface area (Å²) in [6, 6.07) is 0. The van der Waals surface area contributed by atoms with Crippen molar-refractivity contribution in [2.45, 2.75) is 148 Å². The Labute approximate surface area is 227 Å². The SMILES string of the molecule is CCOC1(COC2CCC3(C)C(=CCC4C3CCC3(C)C(CCCCC(C)(C)O)CCC43)C2O)CCC1. The molecule has 4 saturated carbocycles. The lowest BCUT2D eigenvalue weighted by Crippen LogP contribution is -2.54. The number of unbranched alkanes of at least 4 members (excludes halogenated alkanes) is 1. The average Bonchev–Trinajstić information content (AvgIpc) is 3.15. The van der Waals surface area contributed by atoms with Gasteiger partial charge in [-0.3, -0.25) is 0 Å². The topological polar surface area (TPSA) is 58.9 Å². The molecule has 4 fully saturated rings. The van der Waals surface area contributed by atoms with Crippen molar-refractivity contribution in [1.29, 1.82) is 0 Å².